The average Bonchev–Trinajstić information content (AvgIpc) is 3.46. The lowest BCUT2D eigenvalue weighted by molar-refractivity contribution is -0.527. The van der Waals surface area contributed by atoms with Gasteiger partial charge in [0.15, 0.2) is 0 Å². The van der Waals surface area contributed by atoms with E-state index in [0.29, 0.717) is 33.8 Å². The van der Waals surface area contributed by atoms with Gasteiger partial charge in [-0.25, -0.2) is 14.1 Å². The molecule has 15 nitrogen and oxygen atoms in total. The van der Waals surface area contributed by atoms with Gasteiger partial charge in [-0.3, -0.25) is 30.4 Å². The molecule has 3 atom stereocenters. The van der Waals surface area contributed by atoms with E-state index in [1.165, 1.54) is 12.1 Å². The molecule has 0 aliphatic heterocycles. The molecule has 0 aliphatic rings. The molecule has 2 unspecified atom stereocenters. The highest BCUT2D eigenvalue weighted by molar-refractivity contribution is 6.12. The number of amides is 1. The molecule has 53 heavy (non-hydrogen) atoms. The molecule has 3 aromatic carbocycles. The lowest BCUT2D eigenvalue weighted by atomic mass is 9.94. The fourth-order valence-electron chi connectivity index (χ4n) is 6.01. The molecular formula is C37H45FN4O11. The van der Waals surface area contributed by atoms with Crippen LogP contribution in [0.1, 0.15) is 61.5 Å². The van der Waals surface area contributed by atoms with Crippen LogP contribution in [0.25, 0.3) is 22.4 Å². The first kappa shape index (κ1) is 41.2. The lowest BCUT2D eigenvalue weighted by Crippen LogP contribution is -2.32. The predicted molar refractivity (Wildman–Crippen MR) is 187 cm³/mol. The maximum atomic E-state index is 14.2. The second-order valence-corrected chi connectivity index (χ2v) is 12.6. The molecule has 0 radical (unpaired) electrons. The van der Waals surface area contributed by atoms with E-state index in [1.54, 1.807) is 24.3 Å². The van der Waals surface area contributed by atoms with E-state index in [9.17, 15) is 24.2 Å². The van der Waals surface area contributed by atoms with Gasteiger partial charge in [0.25, 0.3) is 5.91 Å². The molecule has 0 bridgehead atoms. The zero-order valence-corrected chi connectivity index (χ0v) is 29.3. The lowest BCUT2D eigenvalue weighted by Gasteiger charge is -2.20. The van der Waals surface area contributed by atoms with Gasteiger partial charge in [-0.05, 0) is 66.3 Å². The molecule has 0 spiro atoms. The number of esters is 1. The van der Waals surface area contributed by atoms with Gasteiger partial charge in [0, 0.05) is 29.9 Å². The van der Waals surface area contributed by atoms with Crippen LogP contribution in [-0.2, 0) is 25.8 Å². The van der Waals surface area contributed by atoms with Crippen molar-refractivity contribution >= 4 is 17.6 Å². The highest BCUT2D eigenvalue weighted by atomic mass is 19.1. The summed E-state index contributed by atoms with van der Waals surface area (Å²) < 4.78 is 21.2. The van der Waals surface area contributed by atoms with Crippen LogP contribution in [0.5, 0.6) is 0 Å². The number of carbonyl (C=O) groups is 2. The third-order valence-corrected chi connectivity index (χ3v) is 8.24. The number of hydrogen-bond donors (Lipinski definition) is 7. The third-order valence-electron chi connectivity index (χ3n) is 8.24. The van der Waals surface area contributed by atoms with Crippen LogP contribution in [0.15, 0.2) is 84.9 Å². The van der Waals surface area contributed by atoms with E-state index in [4.69, 9.17) is 25.6 Å². The second kappa shape index (κ2) is 20.0. The van der Waals surface area contributed by atoms with E-state index in [1.807, 2.05) is 66.9 Å². The summed E-state index contributed by atoms with van der Waals surface area (Å²) in [6, 6.07) is 24.4. The van der Waals surface area contributed by atoms with Crippen LogP contribution in [0, 0.1) is 5.82 Å². The van der Waals surface area contributed by atoms with Gasteiger partial charge in [0.1, 0.15) is 18.5 Å². The van der Waals surface area contributed by atoms with Gasteiger partial charge in [0.05, 0.1) is 47.3 Å². The summed E-state index contributed by atoms with van der Waals surface area (Å²) in [4.78, 5) is 35.6. The number of halogens is 1. The summed E-state index contributed by atoms with van der Waals surface area (Å²) in [6.07, 6.45) is -4.21. The first-order valence-corrected chi connectivity index (χ1v) is 16.9. The zero-order chi connectivity index (χ0) is 38.5. The van der Waals surface area contributed by atoms with Crippen molar-refractivity contribution < 1.29 is 59.4 Å². The van der Waals surface area contributed by atoms with E-state index < -0.39 is 53.9 Å². The van der Waals surface area contributed by atoms with Crippen molar-refractivity contribution in [1.29, 1.82) is 0 Å². The molecule has 7 N–H and O–H groups in total. The van der Waals surface area contributed by atoms with Gasteiger partial charge in [-0.1, -0.05) is 62.4 Å². The number of ether oxygens (including phenoxy) is 1. The standard InChI is InChI=1S/C37H45FN4O11/c1-24(2)35-34(37(46)39-28-11-7-4-8-12-28)33(25-9-5-3-6-10-25)36(26-13-15-27(38)16-14-26)40(35)19-17-29(43)21-30(44)22-32(45)51-20-18-31(53-42(49)50)23-52-41(47)48/h3-16,24,29-31,43-44,47-50H,17-23H2,1-2H3,(H,39,46)/t29?,30-,31?/m1/s1. The summed E-state index contributed by atoms with van der Waals surface area (Å²) in [5, 5.41) is 58.6. The maximum absolute atomic E-state index is 14.2. The Morgan fingerprint density at radius 1 is 0.830 bits per heavy atom. The van der Waals surface area contributed by atoms with Crippen LogP contribution in [0.3, 0.4) is 0 Å². The Morgan fingerprint density at radius 3 is 2.08 bits per heavy atom. The van der Waals surface area contributed by atoms with Crippen molar-refractivity contribution in [2.45, 2.75) is 70.3 Å². The van der Waals surface area contributed by atoms with Crippen molar-refractivity contribution in [3.05, 3.63) is 102 Å². The molecule has 286 valence electrons. The molecule has 1 aromatic heterocycles. The minimum atomic E-state index is -1.28. The first-order chi connectivity index (χ1) is 25.3. The van der Waals surface area contributed by atoms with E-state index in [0.717, 1.165) is 5.56 Å². The molecule has 0 fully saturated rings. The fourth-order valence-corrected chi connectivity index (χ4v) is 6.01. The second-order valence-electron chi connectivity index (χ2n) is 12.6. The van der Waals surface area contributed by atoms with E-state index in [2.05, 4.69) is 15.0 Å². The first-order valence-electron chi connectivity index (χ1n) is 16.9. The number of hydrogen-bond acceptors (Lipinski definition) is 13. The number of aliphatic hydroxyl groups is 2. The van der Waals surface area contributed by atoms with Crippen molar-refractivity contribution in [2.75, 3.05) is 18.5 Å². The van der Waals surface area contributed by atoms with Crippen LogP contribution in [0.4, 0.5) is 10.1 Å². The molecule has 1 amide bonds. The zero-order valence-electron chi connectivity index (χ0n) is 29.3. The Balaban J connectivity index is 1.55. The van der Waals surface area contributed by atoms with Crippen LogP contribution in [0.2, 0.25) is 0 Å². The number of carbonyl (C=O) groups excluding carboxylic acids is 2. The van der Waals surface area contributed by atoms with Crippen molar-refractivity contribution in [3.8, 4) is 22.4 Å². The molecule has 0 saturated carbocycles. The van der Waals surface area contributed by atoms with Crippen molar-refractivity contribution in [2.24, 2.45) is 0 Å². The predicted octanol–water partition coefficient (Wildman–Crippen LogP) is 5.55. The van der Waals surface area contributed by atoms with Gasteiger partial charge in [-0.2, -0.15) is 0 Å². The SMILES string of the molecule is CC(C)c1c(C(=O)Nc2ccccc2)c(-c2ccccc2)c(-c2ccc(F)cc2)n1CCC(O)C[C@@H](O)CC(=O)OCCC(CON(O)O)ON(O)O. The minimum Gasteiger partial charge on any atom is -0.465 e. The van der Waals surface area contributed by atoms with Gasteiger partial charge < -0.3 is 24.8 Å². The van der Waals surface area contributed by atoms with E-state index >= 15 is 0 Å². The van der Waals surface area contributed by atoms with Crippen LogP contribution >= 0.6 is 0 Å². The Bertz CT molecular complexity index is 1740. The van der Waals surface area contributed by atoms with E-state index in [-0.39, 0.29) is 44.2 Å². The third kappa shape index (κ3) is 12.2. The number of nitrogens with zero attached hydrogens (tertiary/aromatic N) is 3. The summed E-state index contributed by atoms with van der Waals surface area (Å²) in [6.45, 7) is 3.25. The maximum Gasteiger partial charge on any atom is 0.308 e. The highest BCUT2D eigenvalue weighted by Crippen LogP contribution is 2.42. The van der Waals surface area contributed by atoms with Gasteiger partial charge in [-0.15, -0.1) is 0 Å². The Morgan fingerprint density at radius 2 is 1.47 bits per heavy atom. The van der Waals surface area contributed by atoms with Crippen LogP contribution < -0.4 is 5.32 Å². The Hall–Kier alpha value is -4.59. The topological polar surface area (TPSA) is 207 Å². The van der Waals surface area contributed by atoms with Gasteiger partial charge in [0.2, 0.25) is 0 Å². The number of nitrogens with one attached hydrogen (secondary N) is 1. The number of anilines is 1. The van der Waals surface area contributed by atoms with Crippen molar-refractivity contribution in [1.82, 2.24) is 15.3 Å². The number of aromatic nitrogens is 1. The molecular weight excluding hydrogens is 695 g/mol. The summed E-state index contributed by atoms with van der Waals surface area (Å²) in [5.74, 6) is -1.75. The number of benzene rings is 3. The largest absolute Gasteiger partial charge is 0.465 e. The molecule has 0 saturated heterocycles. The summed E-state index contributed by atoms with van der Waals surface area (Å²) in [5.41, 5.74) is 4.44. The smallest absolute Gasteiger partial charge is 0.308 e. The number of aliphatic hydroxyl groups excluding tert-OH is 2. The minimum absolute atomic E-state index is 0.118. The molecule has 16 heteroatoms. The molecule has 4 aromatic rings. The monoisotopic (exact) mass is 740 g/mol. The Kier molecular flexibility index (Phi) is 15.6. The quantitative estimate of drug-likeness (QED) is 0.0439. The van der Waals surface area contributed by atoms with Gasteiger partial charge >= 0.3 is 5.97 Å². The highest BCUT2D eigenvalue weighted by Gasteiger charge is 2.31. The molecule has 4 rings (SSSR count). The number of para-hydroxylation sites is 1. The molecule has 0 aliphatic carbocycles. The average molecular weight is 741 g/mol. The summed E-state index contributed by atoms with van der Waals surface area (Å²) >= 11 is 0. The normalized spacial score (nSPS) is 13.4. The van der Waals surface area contributed by atoms with Crippen LogP contribution in [-0.4, -0.2) is 89.8 Å². The number of rotatable bonds is 20. The Labute approximate surface area is 305 Å². The fraction of sp³-hybridized carbons (Fsp3) is 0.351. The molecule has 1 heterocycles. The summed E-state index contributed by atoms with van der Waals surface area (Å²) in [7, 11) is 0. The van der Waals surface area contributed by atoms with Crippen molar-refractivity contribution in [3.63, 3.8) is 0 Å².